The van der Waals surface area contributed by atoms with Crippen LogP contribution in [-0.4, -0.2) is 20.8 Å². The van der Waals surface area contributed by atoms with E-state index in [-0.39, 0.29) is 5.91 Å². The van der Waals surface area contributed by atoms with Gasteiger partial charge in [0.05, 0.1) is 4.99 Å². The molecule has 64 valence electrons. The third-order valence-electron chi connectivity index (χ3n) is 1.08. The van der Waals surface area contributed by atoms with Crippen LogP contribution >= 0.6 is 24.8 Å². The molecule has 1 atom stereocenters. The van der Waals surface area contributed by atoms with E-state index in [0.717, 1.165) is 0 Å². The van der Waals surface area contributed by atoms with Crippen LogP contribution in [0.1, 0.15) is 20.8 Å². The molecular weight excluding hydrogens is 180 g/mol. The van der Waals surface area contributed by atoms with E-state index < -0.39 is 4.99 Å². The monoisotopic (exact) mass is 192 g/mol. The van der Waals surface area contributed by atoms with E-state index in [9.17, 15) is 4.79 Å². The maximum atomic E-state index is 10.9. The van der Waals surface area contributed by atoms with E-state index >= 15 is 0 Å². The van der Waals surface area contributed by atoms with Crippen LogP contribution in [-0.2, 0) is 4.79 Å². The smallest absolute Gasteiger partial charge is 0.226 e. The molecule has 0 aromatic rings. The lowest BCUT2D eigenvalue weighted by atomic mass is 10.4. The highest BCUT2D eigenvalue weighted by molar-refractivity contribution is 7.82. The minimum Gasteiger partial charge on any atom is -0.300 e. The van der Waals surface area contributed by atoms with Gasteiger partial charge in [-0.05, 0) is 13.8 Å². The standard InChI is InChI=1S/C6H12N2OS2/c1-4(9)8(5(2)10)6(3,7)11/h11H,7H2,1-3H3. The molecule has 0 spiro atoms. The van der Waals surface area contributed by atoms with Gasteiger partial charge >= 0.3 is 0 Å². The maximum absolute atomic E-state index is 10.9. The molecule has 0 heterocycles. The van der Waals surface area contributed by atoms with Crippen molar-refractivity contribution in [2.24, 2.45) is 5.73 Å². The van der Waals surface area contributed by atoms with Gasteiger partial charge in [-0.25, -0.2) is 0 Å². The van der Waals surface area contributed by atoms with Gasteiger partial charge in [0.1, 0.15) is 4.99 Å². The number of hydrogen-bond acceptors (Lipinski definition) is 4. The van der Waals surface area contributed by atoms with E-state index in [1.54, 1.807) is 13.8 Å². The molecule has 11 heavy (non-hydrogen) atoms. The summed E-state index contributed by atoms with van der Waals surface area (Å²) in [6.07, 6.45) is 0. The zero-order valence-corrected chi connectivity index (χ0v) is 8.50. The van der Waals surface area contributed by atoms with Crippen molar-refractivity contribution < 1.29 is 4.79 Å². The summed E-state index contributed by atoms with van der Waals surface area (Å²) in [5, 5.41) is 0. The number of hydrogen-bond donors (Lipinski definition) is 2. The van der Waals surface area contributed by atoms with Gasteiger partial charge in [-0.2, -0.15) is 0 Å². The number of carbonyl (C=O) groups is 1. The van der Waals surface area contributed by atoms with E-state index in [2.05, 4.69) is 12.6 Å². The maximum Gasteiger partial charge on any atom is 0.226 e. The highest BCUT2D eigenvalue weighted by Gasteiger charge is 2.26. The molecule has 0 bridgehead atoms. The van der Waals surface area contributed by atoms with Crippen molar-refractivity contribution in [2.75, 3.05) is 0 Å². The molecule has 1 amide bonds. The van der Waals surface area contributed by atoms with Gasteiger partial charge < -0.3 is 5.73 Å². The third-order valence-corrected chi connectivity index (χ3v) is 1.47. The summed E-state index contributed by atoms with van der Waals surface area (Å²) < 4.78 is 0. The average Bonchev–Trinajstić information content (AvgIpc) is 1.54. The molecule has 0 aliphatic carbocycles. The summed E-state index contributed by atoms with van der Waals surface area (Å²) in [6.45, 7) is 4.64. The molecule has 2 N–H and O–H groups in total. The first-order valence-corrected chi connectivity index (χ1v) is 3.95. The molecule has 0 aromatic carbocycles. The topological polar surface area (TPSA) is 46.3 Å². The van der Waals surface area contributed by atoms with Gasteiger partial charge in [0, 0.05) is 6.92 Å². The Bertz CT molecular complexity index is 172. The SMILES string of the molecule is CC(=O)N(C(C)=S)C(C)(N)S. The highest BCUT2D eigenvalue weighted by Crippen LogP contribution is 2.13. The zero-order chi connectivity index (χ0) is 9.23. The first-order chi connectivity index (χ1) is 4.76. The van der Waals surface area contributed by atoms with Crippen LogP contribution in [0, 0.1) is 0 Å². The molecule has 0 radical (unpaired) electrons. The Hall–Kier alpha value is -0.130. The first kappa shape index (κ1) is 10.9. The normalized spacial score (nSPS) is 15.4. The van der Waals surface area contributed by atoms with E-state index in [4.69, 9.17) is 18.0 Å². The zero-order valence-electron chi connectivity index (χ0n) is 6.79. The number of nitrogens with two attached hydrogens (primary N) is 1. The Morgan fingerprint density at radius 3 is 2.00 bits per heavy atom. The minimum absolute atomic E-state index is 0.197. The Labute approximate surface area is 77.3 Å². The second-order valence-corrected chi connectivity index (χ2v) is 3.96. The lowest BCUT2D eigenvalue weighted by Crippen LogP contribution is -2.53. The van der Waals surface area contributed by atoms with Crippen molar-refractivity contribution in [3.8, 4) is 0 Å². The fourth-order valence-corrected chi connectivity index (χ4v) is 1.54. The fourth-order valence-electron chi connectivity index (χ4n) is 0.859. The van der Waals surface area contributed by atoms with Crippen LogP contribution in [0.2, 0.25) is 0 Å². The molecular formula is C6H12N2OS2. The highest BCUT2D eigenvalue weighted by atomic mass is 32.1. The van der Waals surface area contributed by atoms with Crippen molar-refractivity contribution in [2.45, 2.75) is 25.8 Å². The number of amides is 1. The Morgan fingerprint density at radius 2 is 2.00 bits per heavy atom. The van der Waals surface area contributed by atoms with E-state index in [1.807, 2.05) is 0 Å². The molecule has 0 aliphatic rings. The number of thiocarbonyl (C=S) groups is 1. The quantitative estimate of drug-likeness (QED) is 0.366. The van der Waals surface area contributed by atoms with E-state index in [1.165, 1.54) is 11.8 Å². The fraction of sp³-hybridized carbons (Fsp3) is 0.667. The Kier molecular flexibility index (Phi) is 3.47. The molecule has 0 saturated heterocycles. The third kappa shape index (κ3) is 3.18. The predicted octanol–water partition coefficient (Wildman–Crippen LogP) is 0.744. The summed E-state index contributed by atoms with van der Waals surface area (Å²) in [7, 11) is 0. The second kappa shape index (κ2) is 3.51. The molecule has 3 nitrogen and oxygen atoms in total. The second-order valence-electron chi connectivity index (χ2n) is 2.47. The number of thiol groups is 1. The summed E-state index contributed by atoms with van der Waals surface area (Å²) >= 11 is 8.84. The predicted molar refractivity (Wildman–Crippen MR) is 52.4 cm³/mol. The Morgan fingerprint density at radius 1 is 1.64 bits per heavy atom. The van der Waals surface area contributed by atoms with Crippen molar-refractivity contribution in [1.29, 1.82) is 0 Å². The summed E-state index contributed by atoms with van der Waals surface area (Å²) in [6, 6.07) is 0. The average molecular weight is 192 g/mol. The first-order valence-electron chi connectivity index (χ1n) is 3.09. The van der Waals surface area contributed by atoms with Crippen molar-refractivity contribution in [3.63, 3.8) is 0 Å². The molecule has 0 aliphatic heterocycles. The van der Waals surface area contributed by atoms with Crippen molar-refractivity contribution >= 4 is 35.7 Å². The van der Waals surface area contributed by atoms with Crippen LogP contribution in [0.15, 0.2) is 0 Å². The molecule has 0 rings (SSSR count). The van der Waals surface area contributed by atoms with Gasteiger partial charge in [0.2, 0.25) is 5.91 Å². The summed E-state index contributed by atoms with van der Waals surface area (Å²) in [4.78, 5) is 11.6. The molecule has 1 unspecified atom stereocenters. The lowest BCUT2D eigenvalue weighted by Gasteiger charge is -2.32. The van der Waals surface area contributed by atoms with Gasteiger partial charge in [-0.15, -0.1) is 12.6 Å². The number of carbonyl (C=O) groups excluding carboxylic acids is 1. The largest absolute Gasteiger partial charge is 0.300 e. The van der Waals surface area contributed by atoms with Crippen LogP contribution in [0.4, 0.5) is 0 Å². The van der Waals surface area contributed by atoms with Crippen molar-refractivity contribution in [3.05, 3.63) is 0 Å². The van der Waals surface area contributed by atoms with Crippen LogP contribution in [0.25, 0.3) is 0 Å². The van der Waals surface area contributed by atoms with Crippen molar-refractivity contribution in [1.82, 2.24) is 4.90 Å². The van der Waals surface area contributed by atoms with Gasteiger partial charge in [0.25, 0.3) is 0 Å². The summed E-state index contributed by atoms with van der Waals surface area (Å²) in [5.41, 5.74) is 5.56. The molecule has 0 aromatic heterocycles. The summed E-state index contributed by atoms with van der Waals surface area (Å²) in [5.74, 6) is -0.197. The van der Waals surface area contributed by atoms with Gasteiger partial charge in [-0.3, -0.25) is 9.69 Å². The molecule has 0 saturated carbocycles. The minimum atomic E-state index is -1.00. The number of nitrogens with zero attached hydrogens (tertiary/aromatic N) is 1. The number of rotatable bonds is 1. The van der Waals surface area contributed by atoms with Gasteiger partial charge in [0.15, 0.2) is 0 Å². The van der Waals surface area contributed by atoms with Gasteiger partial charge in [-0.1, -0.05) is 12.2 Å². The Balaban J connectivity index is 4.63. The van der Waals surface area contributed by atoms with Crippen LogP contribution in [0.5, 0.6) is 0 Å². The molecule has 5 heteroatoms. The van der Waals surface area contributed by atoms with E-state index in [0.29, 0.717) is 4.99 Å². The van der Waals surface area contributed by atoms with Crippen LogP contribution < -0.4 is 5.73 Å². The lowest BCUT2D eigenvalue weighted by molar-refractivity contribution is -0.126. The molecule has 0 fully saturated rings. The van der Waals surface area contributed by atoms with Crippen LogP contribution in [0.3, 0.4) is 0 Å².